The number of carbonyl (C=O) groups is 1. The van der Waals surface area contributed by atoms with Gasteiger partial charge in [-0.2, -0.15) is 4.98 Å². The van der Waals surface area contributed by atoms with E-state index in [1.54, 1.807) is 0 Å². The zero-order valence-corrected chi connectivity index (χ0v) is 14.1. The van der Waals surface area contributed by atoms with Crippen LogP contribution in [0.5, 0.6) is 0 Å². The number of benzene rings is 1. The van der Waals surface area contributed by atoms with Gasteiger partial charge in [0.05, 0.1) is 5.60 Å². The van der Waals surface area contributed by atoms with Crippen molar-refractivity contribution in [3.8, 4) is 0 Å². The lowest BCUT2D eigenvalue weighted by atomic mass is 9.66. The number of aliphatic hydroxyl groups is 1. The van der Waals surface area contributed by atoms with Crippen molar-refractivity contribution in [3.63, 3.8) is 0 Å². The monoisotopic (exact) mass is 341 g/mol. The molecule has 1 aliphatic heterocycles. The van der Waals surface area contributed by atoms with Crippen molar-refractivity contribution in [2.24, 2.45) is 5.92 Å². The molecule has 0 unspecified atom stereocenters. The van der Waals surface area contributed by atoms with Gasteiger partial charge in [0, 0.05) is 18.5 Å². The smallest absolute Gasteiger partial charge is 0.291 e. The van der Waals surface area contributed by atoms with E-state index in [9.17, 15) is 9.90 Å². The van der Waals surface area contributed by atoms with E-state index in [1.165, 1.54) is 0 Å². The molecule has 2 heterocycles. The summed E-state index contributed by atoms with van der Waals surface area (Å²) in [7, 11) is 0. The molecule has 1 saturated heterocycles. The summed E-state index contributed by atoms with van der Waals surface area (Å²) < 4.78 is 0. The van der Waals surface area contributed by atoms with Crippen LogP contribution in [0.25, 0.3) is 0 Å². The van der Waals surface area contributed by atoms with Crippen LogP contribution in [0.2, 0.25) is 0 Å². The Labute approximate surface area is 146 Å². The number of hydrogen-bond acceptors (Lipinski definition) is 5. The number of aromatic amines is 1. The fourth-order valence-corrected chi connectivity index (χ4v) is 4.53. The highest BCUT2D eigenvalue weighted by molar-refractivity contribution is 5.91. The van der Waals surface area contributed by atoms with Crippen molar-refractivity contribution < 1.29 is 9.90 Å². The van der Waals surface area contributed by atoms with Gasteiger partial charge >= 0.3 is 0 Å². The van der Waals surface area contributed by atoms with Crippen molar-refractivity contribution in [1.29, 1.82) is 0 Å². The summed E-state index contributed by atoms with van der Waals surface area (Å²) >= 11 is 0. The van der Waals surface area contributed by atoms with Crippen LogP contribution in [0, 0.1) is 5.92 Å². The van der Waals surface area contributed by atoms with E-state index in [0.717, 1.165) is 31.2 Å². The number of hydrogen-bond donors (Lipinski definition) is 3. The average Bonchev–Trinajstić information content (AvgIpc) is 3.09. The Balaban J connectivity index is 1.65. The molecule has 25 heavy (non-hydrogen) atoms. The van der Waals surface area contributed by atoms with Gasteiger partial charge in [-0.3, -0.25) is 9.89 Å². The molecule has 1 aromatic carbocycles. The SMILES string of the molecule is Nc1n[nH]c(C(=O)N2CC[C@@](O)(c3ccccc3)[C@H]3CCCC[C@H]32)n1. The first-order valence-corrected chi connectivity index (χ1v) is 8.86. The van der Waals surface area contributed by atoms with E-state index in [2.05, 4.69) is 15.2 Å². The number of H-pyrrole nitrogens is 1. The quantitative estimate of drug-likeness (QED) is 0.770. The molecule has 1 aromatic heterocycles. The van der Waals surface area contributed by atoms with Crippen LogP contribution < -0.4 is 5.73 Å². The van der Waals surface area contributed by atoms with E-state index >= 15 is 0 Å². The van der Waals surface area contributed by atoms with Crippen molar-refractivity contribution in [1.82, 2.24) is 20.1 Å². The number of likely N-dealkylation sites (tertiary alicyclic amines) is 1. The van der Waals surface area contributed by atoms with Gasteiger partial charge in [-0.25, -0.2) is 0 Å². The molecule has 1 aliphatic carbocycles. The zero-order chi connectivity index (χ0) is 17.4. The molecular formula is C18H23N5O2. The second kappa shape index (κ2) is 6.15. The third-order valence-corrected chi connectivity index (χ3v) is 5.72. The molecule has 1 amide bonds. The maximum atomic E-state index is 12.9. The second-order valence-corrected chi connectivity index (χ2v) is 7.04. The third-order valence-electron chi connectivity index (χ3n) is 5.72. The summed E-state index contributed by atoms with van der Waals surface area (Å²) in [6.07, 6.45) is 4.48. The molecule has 0 spiro atoms. The second-order valence-electron chi connectivity index (χ2n) is 7.04. The number of fused-ring (bicyclic) bond motifs is 1. The largest absolute Gasteiger partial charge is 0.385 e. The number of nitrogens with two attached hydrogens (primary N) is 1. The summed E-state index contributed by atoms with van der Waals surface area (Å²) in [4.78, 5) is 18.7. The number of aromatic nitrogens is 3. The van der Waals surface area contributed by atoms with Crippen molar-refractivity contribution in [2.45, 2.75) is 43.7 Å². The van der Waals surface area contributed by atoms with Crippen LogP contribution in [0.1, 0.15) is 48.3 Å². The molecule has 4 rings (SSSR count). The minimum absolute atomic E-state index is 0.00605. The highest BCUT2D eigenvalue weighted by Gasteiger charge is 2.50. The Morgan fingerprint density at radius 2 is 2.04 bits per heavy atom. The number of nitrogens with zero attached hydrogens (tertiary/aromatic N) is 3. The molecule has 2 aromatic rings. The molecular weight excluding hydrogens is 318 g/mol. The molecule has 0 bridgehead atoms. The van der Waals surface area contributed by atoms with Gasteiger partial charge in [-0.1, -0.05) is 43.2 Å². The van der Waals surface area contributed by atoms with E-state index < -0.39 is 5.60 Å². The Morgan fingerprint density at radius 1 is 1.28 bits per heavy atom. The van der Waals surface area contributed by atoms with Gasteiger partial charge in [0.1, 0.15) is 0 Å². The predicted octanol–water partition coefficient (Wildman–Crippen LogP) is 1.68. The normalized spacial score (nSPS) is 29.2. The van der Waals surface area contributed by atoms with E-state index in [-0.39, 0.29) is 29.6 Å². The van der Waals surface area contributed by atoms with Crippen LogP contribution >= 0.6 is 0 Å². The van der Waals surface area contributed by atoms with Gasteiger partial charge < -0.3 is 15.7 Å². The van der Waals surface area contributed by atoms with Crippen molar-refractivity contribution in [3.05, 3.63) is 41.7 Å². The first-order chi connectivity index (χ1) is 12.1. The average molecular weight is 341 g/mol. The van der Waals surface area contributed by atoms with Crippen molar-refractivity contribution >= 4 is 11.9 Å². The first kappa shape index (κ1) is 16.1. The Morgan fingerprint density at radius 3 is 2.76 bits per heavy atom. The lowest BCUT2D eigenvalue weighted by Gasteiger charge is -2.52. The minimum Gasteiger partial charge on any atom is -0.385 e. The van der Waals surface area contributed by atoms with Gasteiger partial charge in [0.2, 0.25) is 11.8 Å². The molecule has 7 nitrogen and oxygen atoms in total. The highest BCUT2D eigenvalue weighted by Crippen LogP contribution is 2.47. The lowest BCUT2D eigenvalue weighted by Crippen LogP contribution is -2.59. The van der Waals surface area contributed by atoms with Crippen LogP contribution in [-0.2, 0) is 5.60 Å². The number of piperidine rings is 1. The van der Waals surface area contributed by atoms with E-state index in [1.807, 2.05) is 35.2 Å². The number of nitrogens with one attached hydrogen (secondary N) is 1. The summed E-state index contributed by atoms with van der Waals surface area (Å²) in [5.74, 6) is 0.0890. The topological polar surface area (TPSA) is 108 Å². The lowest BCUT2D eigenvalue weighted by molar-refractivity contribution is -0.110. The summed E-state index contributed by atoms with van der Waals surface area (Å²) in [6.45, 7) is 0.492. The van der Waals surface area contributed by atoms with Gasteiger partial charge in [-0.15, -0.1) is 5.10 Å². The molecule has 1 saturated carbocycles. The van der Waals surface area contributed by atoms with Crippen LogP contribution in [-0.4, -0.2) is 43.7 Å². The van der Waals surface area contributed by atoms with E-state index in [0.29, 0.717) is 13.0 Å². The first-order valence-electron chi connectivity index (χ1n) is 8.86. The molecule has 2 fully saturated rings. The summed E-state index contributed by atoms with van der Waals surface area (Å²) in [5, 5.41) is 17.9. The van der Waals surface area contributed by atoms with Crippen LogP contribution in [0.4, 0.5) is 5.95 Å². The number of amides is 1. The number of rotatable bonds is 2. The number of nitrogen functional groups attached to an aromatic ring is 1. The molecule has 7 heteroatoms. The van der Waals surface area contributed by atoms with Crippen LogP contribution in [0.15, 0.2) is 30.3 Å². The van der Waals surface area contributed by atoms with Gasteiger partial charge in [0.25, 0.3) is 5.91 Å². The summed E-state index contributed by atoms with van der Waals surface area (Å²) in [6, 6.07) is 9.85. The third kappa shape index (κ3) is 2.68. The predicted molar refractivity (Wildman–Crippen MR) is 92.5 cm³/mol. The molecule has 0 radical (unpaired) electrons. The van der Waals surface area contributed by atoms with Gasteiger partial charge in [0.15, 0.2) is 0 Å². The number of carbonyl (C=O) groups excluding carboxylic acids is 1. The minimum atomic E-state index is -0.885. The fourth-order valence-electron chi connectivity index (χ4n) is 4.53. The molecule has 4 N–H and O–H groups in total. The standard InChI is InChI=1S/C18H23N5O2/c19-17-20-15(21-22-17)16(24)23-11-10-18(25,12-6-2-1-3-7-12)13-8-4-5-9-14(13)23/h1-3,6-7,13-14,25H,4-5,8-11H2,(H3,19,20,21,22)/t13-,14+,18+/m0/s1. The maximum absolute atomic E-state index is 12.9. The Bertz CT molecular complexity index is 762. The number of anilines is 1. The van der Waals surface area contributed by atoms with E-state index in [4.69, 9.17) is 5.73 Å². The Hall–Kier alpha value is -2.41. The zero-order valence-electron chi connectivity index (χ0n) is 14.1. The van der Waals surface area contributed by atoms with Crippen LogP contribution in [0.3, 0.4) is 0 Å². The molecule has 3 atom stereocenters. The van der Waals surface area contributed by atoms with Gasteiger partial charge in [-0.05, 0) is 24.8 Å². The summed E-state index contributed by atoms with van der Waals surface area (Å²) in [5.41, 5.74) is 5.59. The van der Waals surface area contributed by atoms with Crippen molar-refractivity contribution in [2.75, 3.05) is 12.3 Å². The Kier molecular flexibility index (Phi) is 3.95. The maximum Gasteiger partial charge on any atom is 0.291 e. The molecule has 132 valence electrons. The highest BCUT2D eigenvalue weighted by atomic mass is 16.3. The fraction of sp³-hybridized carbons (Fsp3) is 0.500. The molecule has 2 aliphatic rings.